The van der Waals surface area contributed by atoms with Crippen LogP contribution in [-0.2, 0) is 22.7 Å². The smallest absolute Gasteiger partial charge is 0.409 e. The fourth-order valence-electron chi connectivity index (χ4n) is 4.86. The number of hydrogen-bond acceptors (Lipinski definition) is 10. The predicted molar refractivity (Wildman–Crippen MR) is 136 cm³/mol. The van der Waals surface area contributed by atoms with E-state index in [2.05, 4.69) is 25.2 Å². The van der Waals surface area contributed by atoms with E-state index in [1.54, 1.807) is 0 Å². The molecule has 11 nitrogen and oxygen atoms in total. The predicted octanol–water partition coefficient (Wildman–Crippen LogP) is 3.89. The lowest BCUT2D eigenvalue weighted by Crippen LogP contribution is -2.38. The Balaban J connectivity index is 1.47. The van der Waals surface area contributed by atoms with Crippen LogP contribution in [0.25, 0.3) is 32.2 Å². The van der Waals surface area contributed by atoms with E-state index in [1.165, 1.54) is 6.20 Å². The Kier molecular flexibility index (Phi) is 6.65. The van der Waals surface area contributed by atoms with E-state index >= 15 is 4.39 Å². The summed E-state index contributed by atoms with van der Waals surface area (Å²) in [5.74, 6) is -1.51. The first-order chi connectivity index (χ1) is 19.0. The Morgan fingerprint density at radius 1 is 1.21 bits per heavy atom. The average molecular weight is 555 g/mol. The van der Waals surface area contributed by atoms with Gasteiger partial charge in [0.05, 0.1) is 48.6 Å². The first kappa shape index (κ1) is 25.3. The summed E-state index contributed by atoms with van der Waals surface area (Å²) in [6.45, 7) is 4.06. The number of hydrogen-bond donors (Lipinski definition) is 2. The van der Waals surface area contributed by atoms with E-state index in [9.17, 15) is 19.6 Å². The maximum absolute atomic E-state index is 16.3. The van der Waals surface area contributed by atoms with Gasteiger partial charge in [-0.15, -0.1) is 11.3 Å². The molecule has 2 aliphatic heterocycles. The fourth-order valence-corrected chi connectivity index (χ4v) is 5.90. The molecule has 200 valence electrons. The Bertz CT molecular complexity index is 1670. The number of amides is 1. The second kappa shape index (κ2) is 10.3. The van der Waals surface area contributed by atoms with Crippen LogP contribution in [0.5, 0.6) is 6.01 Å². The van der Waals surface area contributed by atoms with E-state index in [0.717, 1.165) is 30.6 Å². The van der Waals surface area contributed by atoms with Gasteiger partial charge in [0.25, 0.3) is 0 Å². The van der Waals surface area contributed by atoms with Crippen LogP contribution in [0.1, 0.15) is 16.7 Å². The van der Waals surface area contributed by atoms with Crippen LogP contribution in [0.3, 0.4) is 0 Å². The number of carboxylic acid groups (broad SMARTS) is 1. The molecular formula is C25H20F2N6O5S. The first-order valence-electron chi connectivity index (χ1n) is 12.0. The van der Waals surface area contributed by atoms with E-state index in [0.29, 0.717) is 42.9 Å². The monoisotopic (exact) mass is 554 g/mol. The molecule has 14 heteroatoms. The van der Waals surface area contributed by atoms with Gasteiger partial charge in [-0.25, -0.2) is 18.6 Å². The van der Waals surface area contributed by atoms with Crippen molar-refractivity contribution in [2.24, 2.45) is 0 Å². The number of nitrogens with zero attached hydrogens (tertiary/aromatic N) is 5. The summed E-state index contributed by atoms with van der Waals surface area (Å²) in [6, 6.07) is 1.91. The van der Waals surface area contributed by atoms with E-state index in [1.807, 2.05) is 6.07 Å². The number of halogens is 2. The van der Waals surface area contributed by atoms with Crippen LogP contribution in [-0.4, -0.2) is 70.5 Å². The lowest BCUT2D eigenvalue weighted by molar-refractivity contribution is 0.0317. The second-order valence-electron chi connectivity index (χ2n) is 8.86. The number of ether oxygens (including phenoxy) is 3. The van der Waals surface area contributed by atoms with Gasteiger partial charge in [-0.2, -0.15) is 10.2 Å². The Hall–Kier alpha value is -4.03. The van der Waals surface area contributed by atoms with Crippen molar-refractivity contribution in [3.8, 4) is 23.3 Å². The number of nitriles is 1. The zero-order valence-corrected chi connectivity index (χ0v) is 21.1. The van der Waals surface area contributed by atoms with Gasteiger partial charge in [0, 0.05) is 42.2 Å². The Labute approximate surface area is 223 Å². The van der Waals surface area contributed by atoms with Crippen molar-refractivity contribution in [3.05, 3.63) is 40.7 Å². The molecule has 39 heavy (non-hydrogen) atoms. The highest BCUT2D eigenvalue weighted by Gasteiger charge is 2.30. The van der Waals surface area contributed by atoms with Crippen molar-refractivity contribution in [2.45, 2.75) is 13.2 Å². The molecule has 0 unspecified atom stereocenters. The van der Waals surface area contributed by atoms with Crippen LogP contribution >= 0.6 is 11.3 Å². The summed E-state index contributed by atoms with van der Waals surface area (Å²) in [4.78, 5) is 26.2. The Morgan fingerprint density at radius 2 is 2.00 bits per heavy atom. The van der Waals surface area contributed by atoms with Crippen molar-refractivity contribution in [1.29, 1.82) is 5.26 Å². The number of aromatic nitrogens is 3. The van der Waals surface area contributed by atoms with Gasteiger partial charge < -0.3 is 19.3 Å². The normalized spacial score (nSPS) is 15.4. The summed E-state index contributed by atoms with van der Waals surface area (Å²) >= 11 is 0.738. The SMILES string of the molecule is N#Cc1c(NC(=O)O)sc2c(F)cnc(-c3c4c(c5cnc(OCCN6CCOCC6)nc5c3F)COC4)c12. The van der Waals surface area contributed by atoms with Crippen LogP contribution in [0.4, 0.5) is 18.6 Å². The maximum atomic E-state index is 16.3. The number of pyridine rings is 1. The summed E-state index contributed by atoms with van der Waals surface area (Å²) in [5, 5.41) is 21.5. The molecule has 0 aliphatic carbocycles. The summed E-state index contributed by atoms with van der Waals surface area (Å²) < 4.78 is 47.8. The number of rotatable bonds is 6. The fraction of sp³-hybridized carbons (Fsp3) is 0.320. The van der Waals surface area contributed by atoms with Crippen molar-refractivity contribution >= 4 is 43.4 Å². The Morgan fingerprint density at radius 3 is 2.77 bits per heavy atom. The quantitative estimate of drug-likeness (QED) is 0.360. The van der Waals surface area contributed by atoms with Crippen molar-refractivity contribution in [2.75, 3.05) is 44.8 Å². The lowest BCUT2D eigenvalue weighted by atomic mass is 9.94. The first-order valence-corrected chi connectivity index (χ1v) is 12.8. The standard InChI is InChI=1S/C25H20F2N6O5S/c26-16-9-29-21(18-12(7-28)23(32-25(34)35)39-22(16)18)17-15-11-37-10-14(15)13-8-30-24(31-20(13)19(17)27)38-6-3-33-1-4-36-5-2-33/h8-9,32H,1-6,10-11H2,(H,34,35). The van der Waals surface area contributed by atoms with Gasteiger partial charge >= 0.3 is 12.1 Å². The largest absolute Gasteiger partial charge is 0.465 e. The molecule has 6 rings (SSSR count). The third kappa shape index (κ3) is 4.49. The summed E-state index contributed by atoms with van der Waals surface area (Å²) in [6.07, 6.45) is 0.990. The van der Waals surface area contributed by atoms with Crippen LogP contribution in [0, 0.1) is 23.0 Å². The summed E-state index contributed by atoms with van der Waals surface area (Å²) in [5.41, 5.74) is 0.955. The molecule has 0 radical (unpaired) electrons. The second-order valence-corrected chi connectivity index (χ2v) is 9.88. The van der Waals surface area contributed by atoms with Crippen molar-refractivity contribution < 1.29 is 32.9 Å². The molecule has 1 saturated heterocycles. The number of fused-ring (bicyclic) bond motifs is 4. The molecule has 0 spiro atoms. The van der Waals surface area contributed by atoms with E-state index in [4.69, 9.17) is 14.2 Å². The number of anilines is 1. The molecule has 1 amide bonds. The molecule has 0 atom stereocenters. The molecule has 2 N–H and O–H groups in total. The molecule has 0 bridgehead atoms. The third-order valence-electron chi connectivity index (χ3n) is 6.66. The minimum absolute atomic E-state index is 0.00196. The van der Waals surface area contributed by atoms with Gasteiger partial charge in [0.2, 0.25) is 0 Å². The molecule has 1 aromatic carbocycles. The molecule has 3 aromatic heterocycles. The van der Waals surface area contributed by atoms with Gasteiger partial charge in [0.15, 0.2) is 11.6 Å². The minimum Gasteiger partial charge on any atom is -0.465 e. The highest BCUT2D eigenvalue weighted by molar-refractivity contribution is 7.23. The molecule has 0 saturated carbocycles. The highest BCUT2D eigenvalue weighted by Crippen LogP contribution is 2.45. The number of benzene rings is 1. The zero-order chi connectivity index (χ0) is 27.1. The van der Waals surface area contributed by atoms with E-state index in [-0.39, 0.29) is 56.6 Å². The average Bonchev–Trinajstić information content (AvgIpc) is 3.56. The van der Waals surface area contributed by atoms with Crippen LogP contribution < -0.4 is 10.1 Å². The molecule has 1 fully saturated rings. The maximum Gasteiger partial charge on any atom is 0.409 e. The zero-order valence-electron chi connectivity index (χ0n) is 20.3. The van der Waals surface area contributed by atoms with Gasteiger partial charge in [-0.1, -0.05) is 0 Å². The number of carbonyl (C=O) groups is 1. The topological polar surface area (TPSA) is 143 Å². The number of thiophene rings is 1. The number of morpholine rings is 1. The third-order valence-corrected chi connectivity index (χ3v) is 7.77. The molecule has 5 heterocycles. The van der Waals surface area contributed by atoms with Crippen molar-refractivity contribution in [1.82, 2.24) is 19.9 Å². The number of nitrogens with one attached hydrogen (secondary N) is 1. The van der Waals surface area contributed by atoms with Gasteiger partial charge in [0.1, 0.15) is 23.2 Å². The van der Waals surface area contributed by atoms with Crippen LogP contribution in [0.2, 0.25) is 0 Å². The lowest BCUT2D eigenvalue weighted by Gasteiger charge is -2.26. The molecule has 2 aliphatic rings. The van der Waals surface area contributed by atoms with Crippen LogP contribution in [0.15, 0.2) is 12.4 Å². The molecular weight excluding hydrogens is 534 g/mol. The van der Waals surface area contributed by atoms with Gasteiger partial charge in [-0.05, 0) is 11.1 Å². The van der Waals surface area contributed by atoms with E-state index < -0.39 is 17.7 Å². The van der Waals surface area contributed by atoms with Crippen molar-refractivity contribution in [3.63, 3.8) is 0 Å². The summed E-state index contributed by atoms with van der Waals surface area (Å²) in [7, 11) is 0. The van der Waals surface area contributed by atoms with Gasteiger partial charge in [-0.3, -0.25) is 15.2 Å². The highest BCUT2D eigenvalue weighted by atomic mass is 32.1. The minimum atomic E-state index is -1.42. The molecule has 4 aromatic rings.